The Morgan fingerprint density at radius 1 is 1.32 bits per heavy atom. The normalized spacial score (nSPS) is 10.8. The van der Waals surface area contributed by atoms with Gasteiger partial charge in [0.1, 0.15) is 11.3 Å². The Kier molecular flexibility index (Phi) is 2.87. The van der Waals surface area contributed by atoms with Gasteiger partial charge in [0.05, 0.1) is 18.8 Å². The molecule has 96 valence electrons. The number of nitrogen functional groups attached to an aromatic ring is 1. The van der Waals surface area contributed by atoms with Crippen molar-refractivity contribution >= 4 is 32.9 Å². The number of hydrogen-bond acceptors (Lipinski definition) is 4. The first-order valence-electron chi connectivity index (χ1n) is 5.62. The number of nitrogens with zero attached hydrogens (tertiary/aromatic N) is 2. The smallest absolute Gasteiger partial charge is 0.220 e. The molecule has 0 aliphatic heterocycles. The van der Waals surface area contributed by atoms with Crippen LogP contribution >= 0.6 is 15.9 Å². The van der Waals surface area contributed by atoms with Crippen molar-refractivity contribution in [1.82, 2.24) is 15.0 Å². The molecule has 0 amide bonds. The van der Waals surface area contributed by atoms with Gasteiger partial charge in [0, 0.05) is 21.8 Å². The summed E-state index contributed by atoms with van der Waals surface area (Å²) in [6.07, 6.45) is 3.55. The third kappa shape index (κ3) is 2.04. The van der Waals surface area contributed by atoms with Gasteiger partial charge in [-0.05, 0) is 18.2 Å². The Balaban J connectivity index is 2.29. The molecule has 5 nitrogen and oxygen atoms in total. The van der Waals surface area contributed by atoms with Gasteiger partial charge >= 0.3 is 0 Å². The highest BCUT2D eigenvalue weighted by Gasteiger charge is 2.13. The summed E-state index contributed by atoms with van der Waals surface area (Å²) < 4.78 is 6.37. The molecular weight excluding hydrogens is 308 g/mol. The molecule has 0 radical (unpaired) electrons. The average Bonchev–Trinajstić information content (AvgIpc) is 2.81. The van der Waals surface area contributed by atoms with Crippen molar-refractivity contribution < 1.29 is 4.74 Å². The highest BCUT2D eigenvalue weighted by molar-refractivity contribution is 9.10. The van der Waals surface area contributed by atoms with E-state index in [-0.39, 0.29) is 5.95 Å². The molecule has 2 heterocycles. The van der Waals surface area contributed by atoms with Gasteiger partial charge in [-0.1, -0.05) is 15.9 Å². The van der Waals surface area contributed by atoms with E-state index in [1.165, 1.54) is 0 Å². The second-order valence-electron chi connectivity index (χ2n) is 4.04. The Morgan fingerprint density at radius 3 is 2.95 bits per heavy atom. The molecule has 3 rings (SSSR count). The van der Waals surface area contributed by atoms with Crippen LogP contribution in [0.4, 0.5) is 5.95 Å². The molecule has 0 aliphatic carbocycles. The van der Waals surface area contributed by atoms with Crippen LogP contribution in [0.5, 0.6) is 5.75 Å². The number of ether oxygens (including phenoxy) is 1. The fraction of sp³-hybridized carbons (Fsp3) is 0.0769. The molecule has 19 heavy (non-hydrogen) atoms. The molecule has 0 atom stereocenters. The number of nitrogens with one attached hydrogen (secondary N) is 1. The Bertz CT molecular complexity index is 753. The largest absolute Gasteiger partial charge is 0.496 e. The maximum atomic E-state index is 5.65. The van der Waals surface area contributed by atoms with Crippen molar-refractivity contribution in [3.8, 4) is 16.9 Å². The zero-order valence-corrected chi connectivity index (χ0v) is 11.7. The summed E-state index contributed by atoms with van der Waals surface area (Å²) in [7, 11) is 1.64. The van der Waals surface area contributed by atoms with Crippen molar-refractivity contribution in [2.45, 2.75) is 0 Å². The number of halogens is 1. The predicted molar refractivity (Wildman–Crippen MR) is 78.0 cm³/mol. The molecule has 0 spiro atoms. The SMILES string of the molecule is COc1ccc(Br)cc1-c1c[nH]c2cnc(N)nc12. The molecular formula is C13H11BrN4O. The van der Waals surface area contributed by atoms with Crippen LogP contribution in [0.25, 0.3) is 22.2 Å². The number of aromatic amines is 1. The Hall–Kier alpha value is -2.08. The third-order valence-electron chi connectivity index (χ3n) is 2.89. The maximum absolute atomic E-state index is 5.65. The molecule has 6 heteroatoms. The van der Waals surface area contributed by atoms with Crippen LogP contribution in [0.2, 0.25) is 0 Å². The van der Waals surface area contributed by atoms with Gasteiger partial charge in [-0.3, -0.25) is 0 Å². The molecule has 3 aromatic rings. The monoisotopic (exact) mass is 318 g/mol. The van der Waals surface area contributed by atoms with E-state index in [2.05, 4.69) is 30.9 Å². The summed E-state index contributed by atoms with van der Waals surface area (Å²) in [5.41, 5.74) is 9.15. The summed E-state index contributed by atoms with van der Waals surface area (Å²) in [5.74, 6) is 1.03. The van der Waals surface area contributed by atoms with Crippen LogP contribution in [0.15, 0.2) is 35.1 Å². The molecule has 0 unspecified atom stereocenters. The molecule has 0 saturated carbocycles. The number of hydrogen-bond donors (Lipinski definition) is 2. The van der Waals surface area contributed by atoms with Gasteiger partial charge < -0.3 is 15.5 Å². The van der Waals surface area contributed by atoms with Gasteiger partial charge in [0.15, 0.2) is 0 Å². The van der Waals surface area contributed by atoms with Crippen molar-refractivity contribution in [1.29, 1.82) is 0 Å². The maximum Gasteiger partial charge on any atom is 0.220 e. The summed E-state index contributed by atoms with van der Waals surface area (Å²) in [6, 6.07) is 5.82. The van der Waals surface area contributed by atoms with Gasteiger partial charge in [-0.2, -0.15) is 0 Å². The summed E-state index contributed by atoms with van der Waals surface area (Å²) >= 11 is 3.47. The topological polar surface area (TPSA) is 76.8 Å². The lowest BCUT2D eigenvalue weighted by Gasteiger charge is -2.07. The molecule has 2 aromatic heterocycles. The molecule has 3 N–H and O–H groups in total. The van der Waals surface area contributed by atoms with E-state index in [0.29, 0.717) is 0 Å². The van der Waals surface area contributed by atoms with E-state index in [1.807, 2.05) is 24.4 Å². The average molecular weight is 319 g/mol. The standard InChI is InChI=1S/C13H11BrN4O/c1-19-11-3-2-7(14)4-8(11)9-5-16-10-6-17-13(15)18-12(9)10/h2-6,16H,1H3,(H2,15,17,18). The van der Waals surface area contributed by atoms with Crippen molar-refractivity contribution in [2.75, 3.05) is 12.8 Å². The highest BCUT2D eigenvalue weighted by Crippen LogP contribution is 2.36. The van der Waals surface area contributed by atoms with Crippen molar-refractivity contribution in [2.24, 2.45) is 0 Å². The second kappa shape index (κ2) is 4.55. The number of benzene rings is 1. The van der Waals surface area contributed by atoms with Gasteiger partial charge in [-0.15, -0.1) is 0 Å². The van der Waals surface area contributed by atoms with Crippen molar-refractivity contribution in [3.05, 3.63) is 35.1 Å². The Labute approximate surface area is 118 Å². The minimum absolute atomic E-state index is 0.252. The minimum atomic E-state index is 0.252. The van der Waals surface area contributed by atoms with E-state index in [4.69, 9.17) is 10.5 Å². The molecule has 1 aromatic carbocycles. The Morgan fingerprint density at radius 2 is 2.16 bits per heavy atom. The van der Waals surface area contributed by atoms with Crippen molar-refractivity contribution in [3.63, 3.8) is 0 Å². The lowest BCUT2D eigenvalue weighted by molar-refractivity contribution is 0.416. The molecule has 0 saturated heterocycles. The first kappa shape index (κ1) is 12.0. The number of nitrogens with two attached hydrogens (primary N) is 1. The van der Waals surface area contributed by atoms with Crippen LogP contribution in [0.3, 0.4) is 0 Å². The van der Waals surface area contributed by atoms with Crippen LogP contribution in [0.1, 0.15) is 0 Å². The lowest BCUT2D eigenvalue weighted by Crippen LogP contribution is -1.94. The van der Waals surface area contributed by atoms with E-state index in [1.54, 1.807) is 13.3 Å². The zero-order chi connectivity index (χ0) is 13.4. The molecule has 0 fully saturated rings. The number of fused-ring (bicyclic) bond motifs is 1. The minimum Gasteiger partial charge on any atom is -0.496 e. The first-order valence-corrected chi connectivity index (χ1v) is 6.42. The van der Waals surface area contributed by atoms with Gasteiger partial charge in [-0.25, -0.2) is 9.97 Å². The molecule has 0 aliphatic rings. The number of H-pyrrole nitrogens is 1. The summed E-state index contributed by atoms with van der Waals surface area (Å²) in [5, 5.41) is 0. The van der Waals surface area contributed by atoms with E-state index in [0.717, 1.165) is 32.4 Å². The second-order valence-corrected chi connectivity index (χ2v) is 4.95. The summed E-state index contributed by atoms with van der Waals surface area (Å²) in [6.45, 7) is 0. The fourth-order valence-corrected chi connectivity index (χ4v) is 2.38. The van der Waals surface area contributed by atoms with Gasteiger partial charge in [0.2, 0.25) is 5.95 Å². The number of rotatable bonds is 2. The zero-order valence-electron chi connectivity index (χ0n) is 10.1. The first-order chi connectivity index (χ1) is 9.19. The van der Waals surface area contributed by atoms with E-state index < -0.39 is 0 Å². The predicted octanol–water partition coefficient (Wildman–Crippen LogP) is 2.98. The third-order valence-corrected chi connectivity index (χ3v) is 3.38. The highest BCUT2D eigenvalue weighted by atomic mass is 79.9. The molecule has 0 bridgehead atoms. The lowest BCUT2D eigenvalue weighted by atomic mass is 10.1. The van der Waals surface area contributed by atoms with E-state index in [9.17, 15) is 0 Å². The fourth-order valence-electron chi connectivity index (χ4n) is 2.02. The number of methoxy groups -OCH3 is 1. The quantitative estimate of drug-likeness (QED) is 0.761. The van der Waals surface area contributed by atoms with Crippen LogP contribution in [0, 0.1) is 0 Å². The van der Waals surface area contributed by atoms with Gasteiger partial charge in [0.25, 0.3) is 0 Å². The van der Waals surface area contributed by atoms with E-state index >= 15 is 0 Å². The summed E-state index contributed by atoms with van der Waals surface area (Å²) in [4.78, 5) is 11.4. The van der Waals surface area contributed by atoms with Crippen LogP contribution < -0.4 is 10.5 Å². The van der Waals surface area contributed by atoms with Crippen LogP contribution in [-0.2, 0) is 0 Å². The van der Waals surface area contributed by atoms with Crippen LogP contribution in [-0.4, -0.2) is 22.1 Å². The number of aromatic nitrogens is 3. The number of anilines is 1.